The number of para-hydroxylation sites is 1. The van der Waals surface area contributed by atoms with Crippen molar-refractivity contribution in [2.45, 2.75) is 38.6 Å². The molecule has 2 aliphatic rings. The van der Waals surface area contributed by atoms with Gasteiger partial charge in [0.25, 0.3) is 0 Å². The largest absolute Gasteiger partial charge is 0.507 e. The second-order valence-corrected chi connectivity index (χ2v) is 7.81. The number of nitrogens with one attached hydrogen (secondary N) is 1. The molecule has 29 heavy (non-hydrogen) atoms. The number of aryl methyl sites for hydroxylation is 1. The van der Waals surface area contributed by atoms with Crippen LogP contribution in [0.25, 0.3) is 0 Å². The third-order valence-electron chi connectivity index (χ3n) is 6.09. The van der Waals surface area contributed by atoms with E-state index in [-0.39, 0.29) is 11.7 Å². The van der Waals surface area contributed by atoms with E-state index in [0.717, 1.165) is 38.1 Å². The van der Waals surface area contributed by atoms with E-state index in [1.165, 1.54) is 12.4 Å². The highest BCUT2D eigenvalue weighted by atomic mass is 16.5. The van der Waals surface area contributed by atoms with Crippen molar-refractivity contribution in [2.24, 2.45) is 11.8 Å². The zero-order valence-corrected chi connectivity index (χ0v) is 16.5. The molecular formula is C22H26N4O3. The zero-order chi connectivity index (χ0) is 20.4. The van der Waals surface area contributed by atoms with Crippen LogP contribution in [0.4, 0.5) is 0 Å². The minimum Gasteiger partial charge on any atom is -0.507 e. The van der Waals surface area contributed by atoms with Gasteiger partial charge >= 0.3 is 5.97 Å². The van der Waals surface area contributed by atoms with Gasteiger partial charge in [-0.15, -0.1) is 0 Å². The Bertz CT molecular complexity index is 899. The summed E-state index contributed by atoms with van der Waals surface area (Å²) in [6.07, 6.45) is 7.03. The monoisotopic (exact) mass is 394 g/mol. The molecule has 3 unspecified atom stereocenters. The van der Waals surface area contributed by atoms with Crippen molar-refractivity contribution in [3.8, 4) is 5.75 Å². The predicted octanol–water partition coefficient (Wildman–Crippen LogP) is 3.03. The first-order chi connectivity index (χ1) is 14.1. The smallest absolute Gasteiger partial charge is 0.341 e. The third-order valence-corrected chi connectivity index (χ3v) is 6.09. The molecule has 4 rings (SSSR count). The van der Waals surface area contributed by atoms with Crippen molar-refractivity contribution >= 4 is 11.8 Å². The Morgan fingerprint density at radius 3 is 2.69 bits per heavy atom. The summed E-state index contributed by atoms with van der Waals surface area (Å²) >= 11 is 0. The van der Waals surface area contributed by atoms with Crippen molar-refractivity contribution in [1.82, 2.24) is 14.9 Å². The standard InChI is InChI=1S/C22H26N4O3/c1-2-29-22(28)16-11-24-20(25-12-16)8-7-14-9-17-10-15(14)13-26(17)21(23)18-5-3-4-6-19(18)27/h3-6,11-12,14-15,17,23,27H,2,7-10,13H2,1H3. The van der Waals surface area contributed by atoms with Gasteiger partial charge in [-0.2, -0.15) is 0 Å². The average molecular weight is 394 g/mol. The molecule has 2 aromatic rings. The second-order valence-electron chi connectivity index (χ2n) is 7.81. The lowest BCUT2D eigenvalue weighted by Gasteiger charge is -2.33. The number of hydrogen-bond acceptors (Lipinski definition) is 6. The fourth-order valence-corrected chi connectivity index (χ4v) is 4.63. The Morgan fingerprint density at radius 2 is 2.03 bits per heavy atom. The predicted molar refractivity (Wildman–Crippen MR) is 108 cm³/mol. The first-order valence-corrected chi connectivity index (χ1v) is 10.2. The van der Waals surface area contributed by atoms with Crippen molar-refractivity contribution in [1.29, 1.82) is 5.41 Å². The summed E-state index contributed by atoms with van der Waals surface area (Å²) in [6.45, 7) is 2.97. The number of ether oxygens (including phenoxy) is 1. The first kappa shape index (κ1) is 19.4. The highest BCUT2D eigenvalue weighted by Crippen LogP contribution is 2.44. The molecule has 1 aromatic heterocycles. The number of piperidine rings is 1. The number of phenols is 1. The van der Waals surface area contributed by atoms with Crippen LogP contribution in [0.5, 0.6) is 5.75 Å². The number of aromatic nitrogens is 2. The molecule has 0 amide bonds. The van der Waals surface area contributed by atoms with Crippen molar-refractivity contribution in [2.75, 3.05) is 13.2 Å². The van der Waals surface area contributed by atoms with Crippen LogP contribution in [0.3, 0.4) is 0 Å². The molecule has 0 radical (unpaired) electrons. The number of aromatic hydroxyl groups is 1. The molecule has 152 valence electrons. The minimum atomic E-state index is -0.390. The summed E-state index contributed by atoms with van der Waals surface area (Å²) in [6, 6.07) is 7.43. The summed E-state index contributed by atoms with van der Waals surface area (Å²) < 4.78 is 4.95. The molecule has 3 atom stereocenters. The van der Waals surface area contributed by atoms with E-state index in [1.807, 2.05) is 6.07 Å². The van der Waals surface area contributed by atoms with Gasteiger partial charge in [0.2, 0.25) is 0 Å². The van der Waals surface area contributed by atoms with Gasteiger partial charge in [0.05, 0.1) is 17.7 Å². The van der Waals surface area contributed by atoms with Gasteiger partial charge < -0.3 is 14.7 Å². The lowest BCUT2D eigenvalue weighted by molar-refractivity contribution is 0.0525. The maximum Gasteiger partial charge on any atom is 0.341 e. The van der Waals surface area contributed by atoms with E-state index >= 15 is 0 Å². The molecule has 0 spiro atoms. The number of likely N-dealkylation sites (tertiary alicyclic amines) is 1. The highest BCUT2D eigenvalue weighted by Gasteiger charge is 2.45. The van der Waals surface area contributed by atoms with Gasteiger partial charge in [0.1, 0.15) is 17.4 Å². The number of rotatable bonds is 6. The number of benzene rings is 1. The minimum absolute atomic E-state index is 0.167. The summed E-state index contributed by atoms with van der Waals surface area (Å²) in [7, 11) is 0. The molecule has 1 aliphatic carbocycles. The number of fused-ring (bicyclic) bond motifs is 2. The topological polar surface area (TPSA) is 99.4 Å². The average Bonchev–Trinajstić information content (AvgIpc) is 3.33. The molecule has 2 N–H and O–H groups in total. The lowest BCUT2D eigenvalue weighted by Crippen LogP contribution is -2.40. The molecule has 7 nitrogen and oxygen atoms in total. The molecular weight excluding hydrogens is 368 g/mol. The van der Waals surface area contributed by atoms with E-state index in [1.54, 1.807) is 25.1 Å². The van der Waals surface area contributed by atoms with Crippen LogP contribution in [-0.2, 0) is 11.2 Å². The van der Waals surface area contributed by atoms with Gasteiger partial charge in [-0.05, 0) is 50.2 Å². The Balaban J connectivity index is 1.31. The van der Waals surface area contributed by atoms with E-state index in [4.69, 9.17) is 10.1 Å². The molecule has 2 heterocycles. The van der Waals surface area contributed by atoms with Crippen LogP contribution in [-0.4, -0.2) is 51.0 Å². The number of nitrogens with zero attached hydrogens (tertiary/aromatic N) is 3. The van der Waals surface area contributed by atoms with E-state index in [2.05, 4.69) is 14.9 Å². The Kier molecular flexibility index (Phi) is 5.47. The van der Waals surface area contributed by atoms with Crippen LogP contribution in [0, 0.1) is 17.2 Å². The maximum atomic E-state index is 11.7. The summed E-state index contributed by atoms with van der Waals surface area (Å²) in [5, 5.41) is 18.6. The van der Waals surface area contributed by atoms with Crippen LogP contribution in [0.15, 0.2) is 36.7 Å². The van der Waals surface area contributed by atoms with Gasteiger partial charge in [0.15, 0.2) is 0 Å². The zero-order valence-electron chi connectivity index (χ0n) is 16.5. The van der Waals surface area contributed by atoms with E-state index < -0.39 is 0 Å². The molecule has 1 aliphatic heterocycles. The van der Waals surface area contributed by atoms with Gasteiger partial charge in [-0.25, -0.2) is 14.8 Å². The molecule has 7 heteroatoms. The molecule has 1 saturated carbocycles. The molecule has 2 fully saturated rings. The number of carbonyl (C=O) groups is 1. The van der Waals surface area contributed by atoms with Gasteiger partial charge in [-0.3, -0.25) is 5.41 Å². The normalized spacial score (nSPS) is 22.7. The fourth-order valence-electron chi connectivity index (χ4n) is 4.63. The van der Waals surface area contributed by atoms with E-state index in [9.17, 15) is 9.90 Å². The Hall–Kier alpha value is -2.96. The first-order valence-electron chi connectivity index (χ1n) is 10.2. The number of carbonyl (C=O) groups excluding carboxylic acids is 1. The number of hydrogen-bond donors (Lipinski definition) is 2. The van der Waals surface area contributed by atoms with Crippen LogP contribution >= 0.6 is 0 Å². The Morgan fingerprint density at radius 1 is 1.28 bits per heavy atom. The molecule has 1 saturated heterocycles. The van der Waals surface area contributed by atoms with Gasteiger partial charge in [-0.1, -0.05) is 12.1 Å². The lowest BCUT2D eigenvalue weighted by atomic mass is 9.89. The maximum absolute atomic E-state index is 11.7. The van der Waals surface area contributed by atoms with Crippen molar-refractivity contribution < 1.29 is 14.6 Å². The highest BCUT2D eigenvalue weighted by molar-refractivity contribution is 5.99. The second kappa shape index (κ2) is 8.19. The molecule has 2 bridgehead atoms. The number of esters is 1. The number of amidine groups is 1. The van der Waals surface area contributed by atoms with Crippen LogP contribution in [0.2, 0.25) is 0 Å². The SMILES string of the molecule is CCOC(=O)c1cnc(CCC2CC3CC2CN3C(=N)c2ccccc2O)nc1. The summed E-state index contributed by atoms with van der Waals surface area (Å²) in [5.41, 5.74) is 0.987. The third kappa shape index (κ3) is 3.95. The van der Waals surface area contributed by atoms with Crippen LogP contribution < -0.4 is 0 Å². The van der Waals surface area contributed by atoms with Gasteiger partial charge in [0, 0.05) is 31.4 Å². The summed E-state index contributed by atoms with van der Waals surface area (Å²) in [4.78, 5) is 22.4. The van der Waals surface area contributed by atoms with Crippen molar-refractivity contribution in [3.63, 3.8) is 0 Å². The molecule has 1 aromatic carbocycles. The Labute approximate surface area is 170 Å². The fraction of sp³-hybridized carbons (Fsp3) is 0.455. The van der Waals surface area contributed by atoms with Crippen LogP contribution in [0.1, 0.15) is 47.9 Å². The summed E-state index contributed by atoms with van der Waals surface area (Å²) in [5.74, 6) is 2.11. The quantitative estimate of drug-likeness (QED) is 0.444. The van der Waals surface area contributed by atoms with Crippen molar-refractivity contribution in [3.05, 3.63) is 53.6 Å². The number of phenolic OH excluding ortho intramolecular Hbond substituents is 1. The van der Waals surface area contributed by atoms with E-state index in [0.29, 0.717) is 41.4 Å².